The SMILES string of the molecule is CCC(C(=O)Nc1ccc2c(Cl)c(C(=O)OC)sc2c1)n1cc(Br)cn1. The number of hydrogen-bond acceptors (Lipinski definition) is 5. The lowest BCUT2D eigenvalue weighted by Crippen LogP contribution is -2.25. The molecule has 9 heteroatoms. The number of amides is 1. The molecule has 26 heavy (non-hydrogen) atoms. The summed E-state index contributed by atoms with van der Waals surface area (Å²) in [7, 11) is 1.31. The van der Waals surface area contributed by atoms with Crippen LogP contribution in [0.1, 0.15) is 29.1 Å². The Hall–Kier alpha value is -1.90. The largest absolute Gasteiger partial charge is 0.465 e. The fraction of sp³-hybridized carbons (Fsp3) is 0.235. The number of carbonyl (C=O) groups is 2. The summed E-state index contributed by atoms with van der Waals surface area (Å²) in [5.41, 5.74) is 0.626. The van der Waals surface area contributed by atoms with E-state index in [1.54, 1.807) is 35.3 Å². The van der Waals surface area contributed by atoms with E-state index in [9.17, 15) is 9.59 Å². The second kappa shape index (κ2) is 7.77. The Morgan fingerprint density at radius 3 is 2.85 bits per heavy atom. The summed E-state index contributed by atoms with van der Waals surface area (Å²) in [6, 6.07) is 4.91. The van der Waals surface area contributed by atoms with Crippen LogP contribution < -0.4 is 5.32 Å². The van der Waals surface area contributed by atoms with Gasteiger partial charge in [0.25, 0.3) is 0 Å². The summed E-state index contributed by atoms with van der Waals surface area (Å²) in [6.45, 7) is 1.92. The average molecular weight is 457 g/mol. The van der Waals surface area contributed by atoms with Crippen molar-refractivity contribution in [1.82, 2.24) is 9.78 Å². The number of nitrogens with zero attached hydrogens (tertiary/aromatic N) is 2. The highest BCUT2D eigenvalue weighted by atomic mass is 79.9. The van der Waals surface area contributed by atoms with Gasteiger partial charge in [0.2, 0.25) is 5.91 Å². The normalized spacial score (nSPS) is 12.2. The van der Waals surface area contributed by atoms with E-state index < -0.39 is 12.0 Å². The van der Waals surface area contributed by atoms with Crippen LogP contribution in [-0.2, 0) is 9.53 Å². The molecule has 1 N–H and O–H groups in total. The molecule has 0 saturated heterocycles. The maximum absolute atomic E-state index is 12.6. The van der Waals surface area contributed by atoms with Crippen LogP contribution in [0, 0.1) is 0 Å². The molecule has 3 aromatic rings. The number of rotatable bonds is 5. The number of hydrogen-bond donors (Lipinski definition) is 1. The molecule has 0 spiro atoms. The smallest absolute Gasteiger partial charge is 0.349 e. The molecule has 2 aromatic heterocycles. The van der Waals surface area contributed by atoms with Crippen molar-refractivity contribution in [2.75, 3.05) is 12.4 Å². The quantitative estimate of drug-likeness (QED) is 0.555. The molecule has 0 aliphatic carbocycles. The summed E-state index contributed by atoms with van der Waals surface area (Å²) in [4.78, 5) is 24.8. The third kappa shape index (κ3) is 3.62. The Kier molecular flexibility index (Phi) is 5.64. The summed E-state index contributed by atoms with van der Waals surface area (Å²) < 4.78 is 7.97. The molecule has 0 bridgehead atoms. The third-order valence-corrected chi connectivity index (χ3v) is 5.89. The third-order valence-electron chi connectivity index (χ3n) is 3.85. The van der Waals surface area contributed by atoms with E-state index in [0.29, 0.717) is 22.0 Å². The van der Waals surface area contributed by atoms with E-state index >= 15 is 0 Å². The zero-order valence-corrected chi connectivity index (χ0v) is 17.1. The predicted octanol–water partition coefficient (Wildman–Crippen LogP) is 4.89. The molecule has 0 saturated carbocycles. The van der Waals surface area contributed by atoms with Crippen LogP contribution in [0.3, 0.4) is 0 Å². The minimum absolute atomic E-state index is 0.168. The van der Waals surface area contributed by atoms with Gasteiger partial charge in [-0.15, -0.1) is 11.3 Å². The van der Waals surface area contributed by atoms with Gasteiger partial charge in [-0.25, -0.2) is 4.79 Å². The summed E-state index contributed by atoms with van der Waals surface area (Å²) in [5.74, 6) is -0.643. The van der Waals surface area contributed by atoms with Gasteiger partial charge in [-0.05, 0) is 40.5 Å². The van der Waals surface area contributed by atoms with Gasteiger partial charge >= 0.3 is 5.97 Å². The monoisotopic (exact) mass is 455 g/mol. The Bertz CT molecular complexity index is 985. The molecule has 0 radical (unpaired) electrons. The molecule has 0 aliphatic rings. The van der Waals surface area contributed by atoms with Crippen molar-refractivity contribution >= 4 is 66.5 Å². The number of nitrogens with one attached hydrogen (secondary N) is 1. The maximum atomic E-state index is 12.6. The Morgan fingerprint density at radius 2 is 2.23 bits per heavy atom. The average Bonchev–Trinajstić information content (AvgIpc) is 3.18. The van der Waals surface area contributed by atoms with Crippen molar-refractivity contribution in [1.29, 1.82) is 0 Å². The van der Waals surface area contributed by atoms with Crippen molar-refractivity contribution in [2.45, 2.75) is 19.4 Å². The Labute approximate surface area is 167 Å². The van der Waals surface area contributed by atoms with Gasteiger partial charge in [0.1, 0.15) is 10.9 Å². The topological polar surface area (TPSA) is 73.2 Å². The molecule has 1 aromatic carbocycles. The van der Waals surface area contributed by atoms with E-state index in [4.69, 9.17) is 16.3 Å². The molecule has 1 unspecified atom stereocenters. The lowest BCUT2D eigenvalue weighted by Gasteiger charge is -2.15. The fourth-order valence-corrected chi connectivity index (χ4v) is 4.34. The van der Waals surface area contributed by atoms with E-state index in [2.05, 4.69) is 26.3 Å². The standard InChI is InChI=1S/C17H15BrClN3O3S/c1-3-12(22-8-9(18)7-20-22)16(23)21-10-4-5-11-13(6-10)26-15(14(11)19)17(24)25-2/h4-8,12H,3H2,1-2H3,(H,21,23). The first-order chi connectivity index (χ1) is 12.4. The highest BCUT2D eigenvalue weighted by molar-refractivity contribution is 9.10. The van der Waals surface area contributed by atoms with Gasteiger partial charge in [0, 0.05) is 22.0 Å². The summed E-state index contributed by atoms with van der Waals surface area (Å²) in [6.07, 6.45) is 4.00. The van der Waals surface area contributed by atoms with E-state index in [-0.39, 0.29) is 5.91 Å². The molecule has 136 valence electrons. The number of halogens is 2. The van der Waals surface area contributed by atoms with E-state index in [1.165, 1.54) is 18.4 Å². The first kappa shape index (κ1) is 18.9. The van der Waals surface area contributed by atoms with E-state index in [1.807, 2.05) is 6.92 Å². The fourth-order valence-electron chi connectivity index (χ4n) is 2.57. The summed E-state index contributed by atoms with van der Waals surface area (Å²) in [5, 5.41) is 8.19. The first-order valence-electron chi connectivity index (χ1n) is 7.75. The molecule has 0 aliphatic heterocycles. The summed E-state index contributed by atoms with van der Waals surface area (Å²) >= 11 is 10.8. The molecule has 1 amide bonds. The van der Waals surface area contributed by atoms with Crippen molar-refractivity contribution < 1.29 is 14.3 Å². The minimum atomic E-state index is -0.475. The molecule has 6 nitrogen and oxygen atoms in total. The Morgan fingerprint density at radius 1 is 1.46 bits per heavy atom. The number of carbonyl (C=O) groups excluding carboxylic acids is 2. The van der Waals surface area contributed by atoms with Crippen LogP contribution in [0.2, 0.25) is 5.02 Å². The maximum Gasteiger partial charge on any atom is 0.349 e. The minimum Gasteiger partial charge on any atom is -0.465 e. The molecule has 3 rings (SSSR count). The van der Waals surface area contributed by atoms with Crippen molar-refractivity contribution in [3.8, 4) is 0 Å². The van der Waals surface area contributed by atoms with Crippen molar-refractivity contribution in [3.63, 3.8) is 0 Å². The van der Waals surface area contributed by atoms with Crippen LogP contribution >= 0.6 is 38.9 Å². The zero-order valence-electron chi connectivity index (χ0n) is 14.0. The van der Waals surface area contributed by atoms with Gasteiger partial charge in [-0.2, -0.15) is 5.10 Å². The number of fused-ring (bicyclic) bond motifs is 1. The highest BCUT2D eigenvalue weighted by Crippen LogP contribution is 2.37. The number of aromatic nitrogens is 2. The van der Waals surface area contributed by atoms with E-state index in [0.717, 1.165) is 14.6 Å². The molecular weight excluding hydrogens is 442 g/mol. The van der Waals surface area contributed by atoms with Gasteiger partial charge in [-0.1, -0.05) is 18.5 Å². The number of benzene rings is 1. The van der Waals surface area contributed by atoms with Crippen LogP contribution in [0.25, 0.3) is 10.1 Å². The molecular formula is C17H15BrClN3O3S. The van der Waals surface area contributed by atoms with Gasteiger partial charge < -0.3 is 10.1 Å². The second-order valence-corrected chi connectivity index (χ2v) is 7.85. The lowest BCUT2D eigenvalue weighted by atomic mass is 10.2. The number of anilines is 1. The Balaban J connectivity index is 1.86. The van der Waals surface area contributed by atoms with Crippen LogP contribution in [0.4, 0.5) is 5.69 Å². The zero-order chi connectivity index (χ0) is 18.8. The van der Waals surface area contributed by atoms with Crippen molar-refractivity contribution in [3.05, 3.63) is 45.0 Å². The van der Waals surface area contributed by atoms with Crippen LogP contribution in [-0.4, -0.2) is 28.8 Å². The van der Waals surface area contributed by atoms with Crippen LogP contribution in [0.5, 0.6) is 0 Å². The molecule has 2 heterocycles. The predicted molar refractivity (Wildman–Crippen MR) is 106 cm³/mol. The van der Waals surface area contributed by atoms with Gasteiger partial charge in [0.05, 0.1) is 22.8 Å². The molecule has 0 fully saturated rings. The number of thiophene rings is 1. The number of methoxy groups -OCH3 is 1. The van der Waals surface area contributed by atoms with Gasteiger partial charge in [0.15, 0.2) is 0 Å². The van der Waals surface area contributed by atoms with Gasteiger partial charge in [-0.3, -0.25) is 9.48 Å². The first-order valence-corrected chi connectivity index (χ1v) is 9.74. The number of esters is 1. The number of ether oxygens (including phenoxy) is 1. The lowest BCUT2D eigenvalue weighted by molar-refractivity contribution is -0.119. The van der Waals surface area contributed by atoms with Crippen molar-refractivity contribution in [2.24, 2.45) is 0 Å². The molecule has 1 atom stereocenters. The second-order valence-electron chi connectivity index (χ2n) is 5.50. The van der Waals surface area contributed by atoms with Crippen LogP contribution in [0.15, 0.2) is 35.1 Å². The highest BCUT2D eigenvalue weighted by Gasteiger charge is 2.21.